The van der Waals surface area contributed by atoms with Gasteiger partial charge in [0.25, 0.3) is 0 Å². The van der Waals surface area contributed by atoms with Gasteiger partial charge in [-0.15, -0.1) is 6.58 Å². The molecule has 0 aliphatic carbocycles. The highest BCUT2D eigenvalue weighted by atomic mass is 79.9. The summed E-state index contributed by atoms with van der Waals surface area (Å²) < 4.78 is 34.4. The van der Waals surface area contributed by atoms with E-state index in [2.05, 4.69) is 116 Å². The van der Waals surface area contributed by atoms with Gasteiger partial charge in [0.05, 0.1) is 26.2 Å². The van der Waals surface area contributed by atoms with Crippen molar-refractivity contribution < 1.29 is 53.0 Å². The van der Waals surface area contributed by atoms with Crippen molar-refractivity contribution in [2.45, 2.75) is 59.2 Å². The molecule has 5 aromatic heterocycles. The maximum Gasteiger partial charge on any atom is 0.416 e. The minimum absolute atomic E-state index is 0.178. The molecule has 3 aliphatic rings. The largest absolute Gasteiger partial charge is 0.501 e. The van der Waals surface area contributed by atoms with Crippen LogP contribution in [0.3, 0.4) is 0 Å². The third-order valence-corrected chi connectivity index (χ3v) is 10.8. The first-order valence-corrected chi connectivity index (χ1v) is 26.3. The van der Waals surface area contributed by atoms with Gasteiger partial charge in [-0.05, 0) is 142 Å². The van der Waals surface area contributed by atoms with E-state index in [-0.39, 0.29) is 11.6 Å². The molecular formula is C46H51Br5N10O13. The molecule has 0 radical (unpaired) electrons. The fraction of sp³-hybridized carbons (Fsp3) is 0.370. The fourth-order valence-corrected chi connectivity index (χ4v) is 7.18. The number of hydrogen-bond acceptors (Lipinski definition) is 19. The Bertz CT molecular complexity index is 2770. The lowest BCUT2D eigenvalue weighted by Gasteiger charge is -2.30. The molecule has 398 valence electrons. The average molecular weight is 1350 g/mol. The molecule has 3 aliphatic heterocycles. The number of aromatic hydroxyl groups is 1. The zero-order valence-electron chi connectivity index (χ0n) is 40.7. The number of pyridine rings is 5. The van der Waals surface area contributed by atoms with Gasteiger partial charge in [-0.1, -0.05) is 22.0 Å². The van der Waals surface area contributed by atoms with Crippen LogP contribution >= 0.6 is 79.6 Å². The van der Waals surface area contributed by atoms with E-state index in [9.17, 15) is 29.8 Å². The summed E-state index contributed by atoms with van der Waals surface area (Å²) in [5.74, 6) is 2.79. The number of fused-ring (bicyclic) bond motifs is 3. The second kappa shape index (κ2) is 28.6. The van der Waals surface area contributed by atoms with Crippen molar-refractivity contribution >= 4 is 121 Å². The monoisotopic (exact) mass is 1350 g/mol. The molecule has 23 nitrogen and oxygen atoms in total. The van der Waals surface area contributed by atoms with Crippen LogP contribution in [-0.2, 0) is 15.9 Å². The smallest absolute Gasteiger partial charge is 0.416 e. The molecule has 2 amide bonds. The Balaban J connectivity index is 0.000000204. The van der Waals surface area contributed by atoms with Crippen molar-refractivity contribution in [3.05, 3.63) is 118 Å². The summed E-state index contributed by atoms with van der Waals surface area (Å²) in [6.45, 7) is 18.4. The number of carbonyl (C=O) groups excluding carboxylic acids is 2. The highest BCUT2D eigenvalue weighted by Gasteiger charge is 2.31. The zero-order valence-corrected chi connectivity index (χ0v) is 48.6. The van der Waals surface area contributed by atoms with Gasteiger partial charge in [0.15, 0.2) is 34.7 Å². The van der Waals surface area contributed by atoms with Crippen LogP contribution in [0.1, 0.15) is 47.2 Å². The predicted octanol–water partition coefficient (Wildman–Crippen LogP) is 11.6. The molecule has 8 rings (SSSR count). The Kier molecular flexibility index (Phi) is 23.4. The van der Waals surface area contributed by atoms with Gasteiger partial charge < -0.3 is 59.1 Å². The van der Waals surface area contributed by atoms with E-state index in [0.29, 0.717) is 81.6 Å². The van der Waals surface area contributed by atoms with Crippen molar-refractivity contribution in [2.24, 2.45) is 0 Å². The van der Waals surface area contributed by atoms with Crippen molar-refractivity contribution in [3.8, 4) is 28.7 Å². The van der Waals surface area contributed by atoms with Gasteiger partial charge in [-0.3, -0.25) is 9.80 Å². The van der Waals surface area contributed by atoms with Gasteiger partial charge >= 0.3 is 23.8 Å². The van der Waals surface area contributed by atoms with Crippen molar-refractivity contribution in [2.75, 3.05) is 66.5 Å². The number of amides is 2. The van der Waals surface area contributed by atoms with Crippen LogP contribution in [0.4, 0.5) is 38.7 Å². The lowest BCUT2D eigenvalue weighted by atomic mass is 10.2. The number of alkyl halides is 1. The normalized spacial score (nSPS) is 12.9. The Labute approximate surface area is 467 Å². The van der Waals surface area contributed by atoms with Gasteiger partial charge in [0.1, 0.15) is 40.2 Å². The highest BCUT2D eigenvalue weighted by Crippen LogP contribution is 2.34. The van der Waals surface area contributed by atoms with E-state index in [0.717, 1.165) is 35.0 Å². The number of halogens is 5. The number of rotatable bonds is 7. The van der Waals surface area contributed by atoms with Crippen LogP contribution in [-0.4, -0.2) is 115 Å². The predicted molar refractivity (Wildman–Crippen MR) is 292 cm³/mol. The zero-order chi connectivity index (χ0) is 54.8. The summed E-state index contributed by atoms with van der Waals surface area (Å²) in [7, 11) is 0. The minimum Gasteiger partial charge on any atom is -0.501 e. The summed E-state index contributed by atoms with van der Waals surface area (Å²) in [5, 5.41) is 33.3. The molecule has 0 saturated heterocycles. The van der Waals surface area contributed by atoms with Crippen LogP contribution < -0.4 is 34.1 Å². The Morgan fingerprint density at radius 3 is 1.70 bits per heavy atom. The Morgan fingerprint density at radius 2 is 1.18 bits per heavy atom. The quantitative estimate of drug-likeness (QED) is 0.0503. The maximum atomic E-state index is 12.2. The van der Waals surface area contributed by atoms with Gasteiger partial charge in [-0.2, -0.15) is 0 Å². The van der Waals surface area contributed by atoms with Crippen LogP contribution in [0, 0.1) is 20.2 Å². The number of allylic oxidation sites excluding steroid dienone is 1. The standard InChI is InChI=1S/C15H20N2O3.C12H15BrN2O3.C7H6Br2N2O3.C7H7BrN2O.C5H3BrN2O3/c1-5-6-11-7-8-12-13(16-11)17(9-10-19-12)14(18)20-15(2,3)4;1-12(2,3)18-11(16)15-6-7-17-8-4-5-9(13)14-10(8)15;8-3-4-14-5-1-2-6(9)10-7(5)11(12)13;8-6-2-1-5-7(10-6)9-3-4-11-5;6-4-2-1-3(9)5(7-4)8(10)11/h5,7-8H,1,6,9-10H2,2-4H3;4-5H,6-7H2,1-3H3;1-2H,3-4H2;1-2H,3-4H2,(H,9,10);1-2,9H. The Hall–Kier alpha value is -5.97. The maximum absolute atomic E-state index is 12.2. The number of hydrogen-bond donors (Lipinski definition) is 2. The van der Waals surface area contributed by atoms with Crippen molar-refractivity contribution in [1.29, 1.82) is 0 Å². The molecule has 2 N–H and O–H groups in total. The summed E-state index contributed by atoms with van der Waals surface area (Å²) in [5.41, 5.74) is -0.214. The van der Waals surface area contributed by atoms with E-state index in [4.69, 9.17) is 33.5 Å². The highest BCUT2D eigenvalue weighted by molar-refractivity contribution is 9.11. The third kappa shape index (κ3) is 19.7. The SMILES string of the molecule is Brc1ccc2c(n1)NCCO2.C=CCc1ccc2c(n1)N(C(=O)OC(C)(C)C)CCO2.CC(C)(C)OC(=O)N1CCOc2ccc(Br)nc21.O=[N+]([O-])c1nc(Br)ccc1O.O=[N+]([O-])c1nc(Br)ccc1OCCBr. The van der Waals surface area contributed by atoms with Gasteiger partial charge in [0, 0.05) is 61.4 Å². The number of nitro groups is 2. The number of anilines is 3. The average Bonchev–Trinajstić information content (AvgIpc) is 3.33. The number of aromatic nitrogens is 5. The van der Waals surface area contributed by atoms with Crippen molar-refractivity contribution in [3.63, 3.8) is 0 Å². The van der Waals surface area contributed by atoms with Crippen LogP contribution in [0.2, 0.25) is 0 Å². The summed E-state index contributed by atoms with van der Waals surface area (Å²) in [4.78, 5) is 66.8. The second-order valence-electron chi connectivity index (χ2n) is 16.8. The number of nitrogens with one attached hydrogen (secondary N) is 1. The van der Waals surface area contributed by atoms with E-state index >= 15 is 0 Å². The minimum atomic E-state index is -0.750. The van der Waals surface area contributed by atoms with Crippen LogP contribution in [0.25, 0.3) is 0 Å². The molecule has 28 heteroatoms. The summed E-state index contributed by atoms with van der Waals surface area (Å²) >= 11 is 15.7. The lowest BCUT2D eigenvalue weighted by molar-refractivity contribution is -0.390. The fourth-order valence-electron chi connectivity index (χ4n) is 5.81. The second-order valence-corrected chi connectivity index (χ2v) is 20.8. The third-order valence-electron chi connectivity index (χ3n) is 8.72. The number of nitrogens with zero attached hydrogens (tertiary/aromatic N) is 9. The molecule has 0 bridgehead atoms. The molecule has 74 heavy (non-hydrogen) atoms. The number of carbonyl (C=O) groups is 2. The van der Waals surface area contributed by atoms with E-state index < -0.39 is 44.8 Å². The summed E-state index contributed by atoms with van der Waals surface area (Å²) in [6.07, 6.45) is 1.62. The van der Waals surface area contributed by atoms with E-state index in [1.54, 1.807) is 24.3 Å². The molecule has 5 aromatic rings. The first-order valence-electron chi connectivity index (χ1n) is 22.0. The number of ether oxygens (including phenoxy) is 6. The molecule has 0 aromatic carbocycles. The van der Waals surface area contributed by atoms with Crippen LogP contribution in [0.5, 0.6) is 28.7 Å². The first kappa shape index (κ1) is 60.6. The first-order chi connectivity index (χ1) is 34.9. The Morgan fingerprint density at radius 1 is 0.703 bits per heavy atom. The van der Waals surface area contributed by atoms with Crippen LogP contribution in [0.15, 0.2) is 91.7 Å². The molecule has 0 atom stereocenters. The van der Waals surface area contributed by atoms with Gasteiger partial charge in [-0.25, -0.2) is 24.5 Å². The van der Waals surface area contributed by atoms with E-state index in [1.807, 2.05) is 65.8 Å². The molecule has 0 unspecified atom stereocenters. The topological polar surface area (TPSA) is 279 Å². The molecule has 0 fully saturated rings. The molecule has 0 saturated carbocycles. The summed E-state index contributed by atoms with van der Waals surface area (Å²) in [6, 6.07) is 16.8. The lowest BCUT2D eigenvalue weighted by Crippen LogP contribution is -2.42. The van der Waals surface area contributed by atoms with Crippen molar-refractivity contribution in [1.82, 2.24) is 24.9 Å². The molecule has 0 spiro atoms. The molecule has 8 heterocycles. The van der Waals surface area contributed by atoms with E-state index in [1.165, 1.54) is 28.0 Å². The molecular weight excluding hydrogens is 1300 g/mol. The van der Waals surface area contributed by atoms with Gasteiger partial charge in [0.2, 0.25) is 20.7 Å².